The highest BCUT2D eigenvalue weighted by Gasteiger charge is 2.29. The minimum atomic E-state index is -1.70. The van der Waals surface area contributed by atoms with Gasteiger partial charge in [-0.05, 0) is 28.2 Å². The quantitative estimate of drug-likeness (QED) is 0.549. The second-order valence-electron chi connectivity index (χ2n) is 2.36. The molecule has 0 amide bonds. The van der Waals surface area contributed by atoms with Gasteiger partial charge in [0.1, 0.15) is 0 Å². The molecule has 60 valence electrons. The maximum atomic E-state index is 3.79. The van der Waals surface area contributed by atoms with Crippen molar-refractivity contribution >= 4 is 8.56 Å². The Kier molecular flexibility index (Phi) is 3.81. The molecule has 2 N–H and O–H groups in total. The zero-order valence-electron chi connectivity index (χ0n) is 7.23. The summed E-state index contributed by atoms with van der Waals surface area (Å²) in [5.41, 5.74) is 1.97. The van der Waals surface area contributed by atoms with E-state index in [1.165, 1.54) is 0 Å². The molecular weight excluding hydrogens is 142 g/mol. The van der Waals surface area contributed by atoms with Crippen LogP contribution in [0.5, 0.6) is 0 Å². The van der Waals surface area contributed by atoms with E-state index >= 15 is 0 Å². The Morgan fingerprint density at radius 2 is 1.70 bits per heavy atom. The van der Waals surface area contributed by atoms with E-state index in [1.807, 2.05) is 33.9 Å². The van der Waals surface area contributed by atoms with Crippen molar-refractivity contribution in [2.75, 3.05) is 28.2 Å². The lowest BCUT2D eigenvalue weighted by atomic mass is 11.2. The third-order valence-electron chi connectivity index (χ3n) is 1.76. The first-order valence-electron chi connectivity index (χ1n) is 3.31. The van der Waals surface area contributed by atoms with Crippen molar-refractivity contribution in [2.45, 2.75) is 0 Å². The Hall–Kier alpha value is -0.163. The molecule has 0 bridgehead atoms. The predicted octanol–water partition coefficient (Wildman–Crippen LogP) is -0.349. The summed E-state index contributed by atoms with van der Waals surface area (Å²) in [5, 5.41) is 0. The van der Waals surface area contributed by atoms with E-state index in [1.54, 1.807) is 0 Å². The van der Waals surface area contributed by atoms with Gasteiger partial charge in [-0.1, -0.05) is 5.70 Å². The SMILES string of the molecule is C=C[Si](NC)(NC)N(C)C. The first kappa shape index (κ1) is 9.84. The molecule has 0 heterocycles. The topological polar surface area (TPSA) is 27.3 Å². The molecule has 4 heteroatoms. The van der Waals surface area contributed by atoms with Crippen LogP contribution in [0.2, 0.25) is 0 Å². The van der Waals surface area contributed by atoms with E-state index in [0.29, 0.717) is 0 Å². The smallest absolute Gasteiger partial charge is 0.309 e. The summed E-state index contributed by atoms with van der Waals surface area (Å²) in [6.45, 7) is 3.79. The van der Waals surface area contributed by atoms with Crippen molar-refractivity contribution in [3.05, 3.63) is 12.3 Å². The summed E-state index contributed by atoms with van der Waals surface area (Å²) >= 11 is 0. The van der Waals surface area contributed by atoms with Crippen LogP contribution in [-0.4, -0.2) is 41.3 Å². The predicted molar refractivity (Wildman–Crippen MR) is 47.8 cm³/mol. The minimum absolute atomic E-state index is 1.70. The fraction of sp³-hybridized carbons (Fsp3) is 0.667. The van der Waals surface area contributed by atoms with Gasteiger partial charge < -0.3 is 14.5 Å². The molecule has 0 saturated carbocycles. The van der Waals surface area contributed by atoms with Gasteiger partial charge in [-0.25, -0.2) is 0 Å². The van der Waals surface area contributed by atoms with Gasteiger partial charge >= 0.3 is 8.56 Å². The summed E-state index contributed by atoms with van der Waals surface area (Å²) < 4.78 is 2.15. The molecule has 0 aromatic heterocycles. The molecule has 0 aliphatic heterocycles. The van der Waals surface area contributed by atoms with Crippen LogP contribution in [0.15, 0.2) is 12.3 Å². The summed E-state index contributed by atoms with van der Waals surface area (Å²) in [6.07, 6.45) is 0. The van der Waals surface area contributed by atoms with E-state index < -0.39 is 8.56 Å². The van der Waals surface area contributed by atoms with Gasteiger partial charge in [-0.2, -0.15) is 0 Å². The number of hydrogen-bond acceptors (Lipinski definition) is 3. The van der Waals surface area contributed by atoms with E-state index in [2.05, 4.69) is 21.1 Å². The lowest BCUT2D eigenvalue weighted by molar-refractivity contribution is 0.587. The van der Waals surface area contributed by atoms with Crippen LogP contribution in [0.1, 0.15) is 0 Å². The second kappa shape index (κ2) is 3.87. The van der Waals surface area contributed by atoms with E-state index in [4.69, 9.17) is 0 Å². The maximum Gasteiger partial charge on any atom is 0.309 e. The number of nitrogens with zero attached hydrogens (tertiary/aromatic N) is 1. The number of rotatable bonds is 4. The molecule has 0 aromatic carbocycles. The molecular formula is C6H17N3Si. The molecule has 0 aliphatic carbocycles. The molecule has 0 rings (SSSR count). The van der Waals surface area contributed by atoms with Crippen LogP contribution in [0, 0.1) is 0 Å². The second-order valence-corrected chi connectivity index (χ2v) is 6.20. The van der Waals surface area contributed by atoms with Crippen LogP contribution >= 0.6 is 0 Å². The molecule has 0 saturated heterocycles. The van der Waals surface area contributed by atoms with Gasteiger partial charge in [0.05, 0.1) is 0 Å². The van der Waals surface area contributed by atoms with Crippen molar-refractivity contribution in [1.29, 1.82) is 0 Å². The Labute approximate surface area is 64.4 Å². The Balaban J connectivity index is 4.30. The van der Waals surface area contributed by atoms with E-state index in [9.17, 15) is 0 Å². The van der Waals surface area contributed by atoms with Crippen LogP contribution in [0.25, 0.3) is 0 Å². The number of nitrogens with one attached hydrogen (secondary N) is 2. The molecule has 3 nitrogen and oxygen atoms in total. The van der Waals surface area contributed by atoms with Crippen LogP contribution in [0.3, 0.4) is 0 Å². The molecule has 0 unspecified atom stereocenters. The Bertz CT molecular complexity index is 110. The summed E-state index contributed by atoms with van der Waals surface area (Å²) in [7, 11) is 6.29. The molecule has 10 heavy (non-hydrogen) atoms. The van der Waals surface area contributed by atoms with Crippen molar-refractivity contribution in [3.8, 4) is 0 Å². The van der Waals surface area contributed by atoms with Gasteiger partial charge in [-0.15, -0.1) is 6.58 Å². The van der Waals surface area contributed by atoms with Gasteiger partial charge in [0, 0.05) is 0 Å². The zero-order chi connectivity index (χ0) is 8.20. The first-order valence-corrected chi connectivity index (χ1v) is 5.34. The normalized spacial score (nSPS) is 12.1. The fourth-order valence-corrected chi connectivity index (χ4v) is 2.88. The number of hydrogen-bond donors (Lipinski definition) is 2. The Morgan fingerprint density at radius 1 is 1.30 bits per heavy atom. The van der Waals surface area contributed by atoms with Gasteiger partial charge in [0.15, 0.2) is 0 Å². The Morgan fingerprint density at radius 3 is 1.70 bits per heavy atom. The van der Waals surface area contributed by atoms with Crippen molar-refractivity contribution < 1.29 is 0 Å². The van der Waals surface area contributed by atoms with Crippen molar-refractivity contribution in [2.24, 2.45) is 0 Å². The van der Waals surface area contributed by atoms with Crippen molar-refractivity contribution in [3.63, 3.8) is 0 Å². The summed E-state index contributed by atoms with van der Waals surface area (Å²) in [5.74, 6) is 0. The van der Waals surface area contributed by atoms with Gasteiger partial charge in [0.25, 0.3) is 0 Å². The summed E-state index contributed by atoms with van der Waals surface area (Å²) in [4.78, 5) is 6.50. The third kappa shape index (κ3) is 1.66. The standard InChI is InChI=1S/C6H17N3Si/c1-6-10(7-2,8-3)9(4)5/h6-8H,1H2,2-5H3. The molecule has 0 fully saturated rings. The highest BCUT2D eigenvalue weighted by molar-refractivity contribution is 6.77. The molecule has 0 aliphatic rings. The monoisotopic (exact) mass is 159 g/mol. The molecule has 0 atom stereocenters. The summed E-state index contributed by atoms with van der Waals surface area (Å²) in [6, 6.07) is 0. The minimum Gasteiger partial charge on any atom is -0.313 e. The first-order chi connectivity index (χ1) is 4.63. The van der Waals surface area contributed by atoms with Crippen molar-refractivity contribution in [1.82, 2.24) is 14.5 Å². The third-order valence-corrected chi connectivity index (χ3v) is 5.29. The lowest BCUT2D eigenvalue weighted by Crippen LogP contribution is -2.68. The molecule has 0 radical (unpaired) electrons. The van der Waals surface area contributed by atoms with Crippen LogP contribution < -0.4 is 9.96 Å². The lowest BCUT2D eigenvalue weighted by Gasteiger charge is -2.32. The van der Waals surface area contributed by atoms with Gasteiger partial charge in [-0.3, -0.25) is 0 Å². The van der Waals surface area contributed by atoms with Gasteiger partial charge in [0.2, 0.25) is 0 Å². The average molecular weight is 159 g/mol. The zero-order valence-corrected chi connectivity index (χ0v) is 8.23. The average Bonchev–Trinajstić information content (AvgIpc) is 1.92. The molecule has 0 spiro atoms. The van der Waals surface area contributed by atoms with E-state index in [-0.39, 0.29) is 0 Å². The fourth-order valence-electron chi connectivity index (χ4n) is 0.959. The van der Waals surface area contributed by atoms with E-state index in [0.717, 1.165) is 0 Å². The highest BCUT2D eigenvalue weighted by Crippen LogP contribution is 1.95. The largest absolute Gasteiger partial charge is 0.313 e. The highest BCUT2D eigenvalue weighted by atomic mass is 28.4. The van der Waals surface area contributed by atoms with Crippen LogP contribution in [-0.2, 0) is 0 Å². The maximum absolute atomic E-state index is 3.79. The molecule has 0 aromatic rings. The van der Waals surface area contributed by atoms with Crippen LogP contribution in [0.4, 0.5) is 0 Å².